The summed E-state index contributed by atoms with van der Waals surface area (Å²) < 4.78 is 10.5. The van der Waals surface area contributed by atoms with Gasteiger partial charge in [0.1, 0.15) is 11.9 Å². The van der Waals surface area contributed by atoms with Crippen LogP contribution in [-0.4, -0.2) is 32.3 Å². The molecule has 0 saturated carbocycles. The molecule has 1 atom stereocenters. The van der Waals surface area contributed by atoms with Gasteiger partial charge in [0.15, 0.2) is 0 Å². The number of carbonyl (C=O) groups is 1. The van der Waals surface area contributed by atoms with Crippen LogP contribution in [0.2, 0.25) is 0 Å². The molecule has 0 aliphatic carbocycles. The molecule has 98 valence electrons. The van der Waals surface area contributed by atoms with Gasteiger partial charge in [-0.15, -0.1) is 0 Å². The molecule has 0 unspecified atom stereocenters. The van der Waals surface area contributed by atoms with Crippen LogP contribution in [-0.2, 0) is 16.0 Å². The molecule has 1 aliphatic rings. The topological polar surface area (TPSA) is 47.6 Å². The molecular weight excluding hydrogens is 230 g/mol. The molecular formula is C14H19NO3. The van der Waals surface area contributed by atoms with Gasteiger partial charge in [-0.3, -0.25) is 4.79 Å². The molecule has 1 aliphatic heterocycles. The summed E-state index contributed by atoms with van der Waals surface area (Å²) in [4.78, 5) is 11.1. The van der Waals surface area contributed by atoms with Gasteiger partial charge in [0.05, 0.1) is 13.5 Å². The van der Waals surface area contributed by atoms with Gasteiger partial charge in [0.25, 0.3) is 0 Å². The molecule has 0 aromatic heterocycles. The third kappa shape index (κ3) is 3.74. The lowest BCUT2D eigenvalue weighted by Gasteiger charge is -2.23. The van der Waals surface area contributed by atoms with Crippen molar-refractivity contribution in [1.29, 1.82) is 0 Å². The van der Waals surface area contributed by atoms with Crippen LogP contribution in [0, 0.1) is 0 Å². The quantitative estimate of drug-likeness (QED) is 0.822. The number of hydrogen-bond acceptors (Lipinski definition) is 4. The van der Waals surface area contributed by atoms with Crippen molar-refractivity contribution < 1.29 is 14.3 Å². The van der Waals surface area contributed by atoms with Crippen molar-refractivity contribution in [3.8, 4) is 5.75 Å². The van der Waals surface area contributed by atoms with E-state index in [2.05, 4.69) is 10.1 Å². The summed E-state index contributed by atoms with van der Waals surface area (Å²) in [5.74, 6) is 0.637. The predicted octanol–water partition coefficient (Wildman–Crippen LogP) is 1.53. The maximum atomic E-state index is 11.1. The number of esters is 1. The number of methoxy groups -OCH3 is 1. The summed E-state index contributed by atoms with van der Waals surface area (Å²) >= 11 is 0. The smallest absolute Gasteiger partial charge is 0.309 e. The van der Waals surface area contributed by atoms with E-state index in [1.807, 2.05) is 24.3 Å². The maximum absolute atomic E-state index is 11.1. The first-order valence-corrected chi connectivity index (χ1v) is 6.31. The highest BCUT2D eigenvalue weighted by Crippen LogP contribution is 2.17. The van der Waals surface area contributed by atoms with E-state index in [0.29, 0.717) is 6.42 Å². The summed E-state index contributed by atoms with van der Waals surface area (Å²) in [6, 6.07) is 7.63. The normalized spacial score (nSPS) is 19.3. The Bertz CT molecular complexity index is 383. The van der Waals surface area contributed by atoms with Gasteiger partial charge in [0, 0.05) is 6.54 Å². The van der Waals surface area contributed by atoms with Crippen LogP contribution in [0.25, 0.3) is 0 Å². The van der Waals surface area contributed by atoms with Crippen LogP contribution < -0.4 is 10.1 Å². The van der Waals surface area contributed by atoms with E-state index in [1.165, 1.54) is 7.11 Å². The van der Waals surface area contributed by atoms with Gasteiger partial charge in [-0.2, -0.15) is 0 Å². The van der Waals surface area contributed by atoms with Gasteiger partial charge in [-0.1, -0.05) is 12.1 Å². The number of nitrogens with one attached hydrogen (secondary N) is 1. The minimum absolute atomic E-state index is 0.222. The van der Waals surface area contributed by atoms with E-state index in [9.17, 15) is 4.79 Å². The Balaban J connectivity index is 1.88. The van der Waals surface area contributed by atoms with Gasteiger partial charge in [-0.05, 0) is 37.1 Å². The van der Waals surface area contributed by atoms with E-state index in [1.54, 1.807) is 0 Å². The van der Waals surface area contributed by atoms with Crippen LogP contribution in [0.5, 0.6) is 5.75 Å². The van der Waals surface area contributed by atoms with Crippen molar-refractivity contribution >= 4 is 5.97 Å². The van der Waals surface area contributed by atoms with Crippen molar-refractivity contribution in [3.05, 3.63) is 29.8 Å². The Hall–Kier alpha value is -1.55. The standard InChI is InChI=1S/C14H19NO3/c1-17-14(16)9-11-4-6-12(7-5-11)18-13-3-2-8-15-10-13/h4-7,13,15H,2-3,8-10H2,1H3/t13-/m1/s1. The number of carbonyl (C=O) groups excluding carboxylic acids is 1. The Morgan fingerprint density at radius 3 is 2.78 bits per heavy atom. The second kappa shape index (κ2) is 6.40. The van der Waals surface area contributed by atoms with Crippen LogP contribution in [0.3, 0.4) is 0 Å². The van der Waals surface area contributed by atoms with Crippen LogP contribution >= 0.6 is 0 Å². The lowest BCUT2D eigenvalue weighted by atomic mass is 10.1. The Kier molecular flexibility index (Phi) is 4.59. The number of hydrogen-bond donors (Lipinski definition) is 1. The minimum Gasteiger partial charge on any atom is -0.489 e. The van der Waals surface area contributed by atoms with E-state index < -0.39 is 0 Å². The maximum Gasteiger partial charge on any atom is 0.309 e. The van der Waals surface area contributed by atoms with Crippen molar-refractivity contribution in [2.24, 2.45) is 0 Å². The van der Waals surface area contributed by atoms with E-state index in [4.69, 9.17) is 4.74 Å². The van der Waals surface area contributed by atoms with Gasteiger partial charge >= 0.3 is 5.97 Å². The molecule has 4 nitrogen and oxygen atoms in total. The fourth-order valence-electron chi connectivity index (χ4n) is 2.04. The van der Waals surface area contributed by atoms with Crippen LogP contribution in [0.15, 0.2) is 24.3 Å². The number of piperidine rings is 1. The zero-order valence-corrected chi connectivity index (χ0v) is 10.6. The first-order valence-electron chi connectivity index (χ1n) is 6.31. The van der Waals surface area contributed by atoms with Gasteiger partial charge < -0.3 is 14.8 Å². The molecule has 1 N–H and O–H groups in total. The summed E-state index contributed by atoms with van der Waals surface area (Å²) in [6.07, 6.45) is 2.81. The molecule has 0 radical (unpaired) electrons. The highest BCUT2D eigenvalue weighted by atomic mass is 16.5. The van der Waals surface area contributed by atoms with Crippen molar-refractivity contribution in [3.63, 3.8) is 0 Å². The third-order valence-electron chi connectivity index (χ3n) is 3.05. The molecule has 1 saturated heterocycles. The lowest BCUT2D eigenvalue weighted by Crippen LogP contribution is -2.37. The minimum atomic E-state index is -0.222. The Morgan fingerprint density at radius 2 is 2.17 bits per heavy atom. The zero-order chi connectivity index (χ0) is 12.8. The second-order valence-electron chi connectivity index (χ2n) is 4.48. The van der Waals surface area contributed by atoms with E-state index in [0.717, 1.165) is 37.2 Å². The predicted molar refractivity (Wildman–Crippen MR) is 68.7 cm³/mol. The molecule has 1 fully saturated rings. The molecule has 4 heteroatoms. The Morgan fingerprint density at radius 1 is 1.39 bits per heavy atom. The van der Waals surface area contributed by atoms with Gasteiger partial charge in [-0.25, -0.2) is 0 Å². The fourth-order valence-corrected chi connectivity index (χ4v) is 2.04. The first-order chi connectivity index (χ1) is 8.78. The fraction of sp³-hybridized carbons (Fsp3) is 0.500. The molecule has 1 aromatic carbocycles. The highest BCUT2D eigenvalue weighted by Gasteiger charge is 2.14. The summed E-state index contributed by atoms with van der Waals surface area (Å²) in [5, 5.41) is 3.31. The molecule has 2 rings (SSSR count). The molecule has 0 spiro atoms. The molecule has 1 heterocycles. The monoisotopic (exact) mass is 249 g/mol. The largest absolute Gasteiger partial charge is 0.489 e. The molecule has 18 heavy (non-hydrogen) atoms. The van der Waals surface area contributed by atoms with Crippen LogP contribution in [0.4, 0.5) is 0 Å². The SMILES string of the molecule is COC(=O)Cc1ccc(O[C@@H]2CCCNC2)cc1. The third-order valence-corrected chi connectivity index (χ3v) is 3.05. The number of ether oxygens (including phenoxy) is 2. The van der Waals surface area contributed by atoms with E-state index >= 15 is 0 Å². The molecule has 1 aromatic rings. The summed E-state index contributed by atoms with van der Waals surface area (Å²) in [5.41, 5.74) is 0.941. The number of benzene rings is 1. The number of rotatable bonds is 4. The molecule has 0 amide bonds. The average Bonchev–Trinajstić information content (AvgIpc) is 2.42. The van der Waals surface area contributed by atoms with Crippen LogP contribution in [0.1, 0.15) is 18.4 Å². The molecule has 0 bridgehead atoms. The van der Waals surface area contributed by atoms with Gasteiger partial charge in [0.2, 0.25) is 0 Å². The summed E-state index contributed by atoms with van der Waals surface area (Å²) in [7, 11) is 1.40. The Labute approximate surface area is 107 Å². The van der Waals surface area contributed by atoms with Crippen molar-refractivity contribution in [1.82, 2.24) is 5.32 Å². The average molecular weight is 249 g/mol. The van der Waals surface area contributed by atoms with E-state index in [-0.39, 0.29) is 12.1 Å². The second-order valence-corrected chi connectivity index (χ2v) is 4.48. The van der Waals surface area contributed by atoms with Crippen molar-refractivity contribution in [2.45, 2.75) is 25.4 Å². The van der Waals surface area contributed by atoms with Crippen molar-refractivity contribution in [2.75, 3.05) is 20.2 Å². The first kappa shape index (κ1) is 12.9. The lowest BCUT2D eigenvalue weighted by molar-refractivity contribution is -0.139. The summed E-state index contributed by atoms with van der Waals surface area (Å²) in [6.45, 7) is 1.99. The highest BCUT2D eigenvalue weighted by molar-refractivity contribution is 5.72. The zero-order valence-electron chi connectivity index (χ0n) is 10.6.